The molecule has 0 aliphatic heterocycles. The molecule has 0 bridgehead atoms. The van der Waals surface area contributed by atoms with Crippen LogP contribution in [0.2, 0.25) is 0 Å². The Balaban J connectivity index is 1.91. The van der Waals surface area contributed by atoms with E-state index in [2.05, 4.69) is 33.7 Å². The van der Waals surface area contributed by atoms with E-state index >= 15 is 0 Å². The standard InChI is InChI=1S/C16H21N3S/c1-2-7-19-16(14-11-17-8-9-18-14)13-4-3-5-15-12(13)6-10-20-15/h6,8-11,13,16,19H,2-5,7H2,1H3. The maximum Gasteiger partial charge on any atom is 0.0762 e. The highest BCUT2D eigenvalue weighted by atomic mass is 32.1. The summed E-state index contributed by atoms with van der Waals surface area (Å²) in [5.41, 5.74) is 2.60. The first-order chi connectivity index (χ1) is 9.90. The molecule has 2 unspecified atom stereocenters. The lowest BCUT2D eigenvalue weighted by Gasteiger charge is -2.31. The molecule has 0 saturated heterocycles. The van der Waals surface area contributed by atoms with Gasteiger partial charge >= 0.3 is 0 Å². The van der Waals surface area contributed by atoms with Crippen molar-refractivity contribution in [3.05, 3.63) is 46.2 Å². The minimum Gasteiger partial charge on any atom is -0.308 e. The van der Waals surface area contributed by atoms with Crippen LogP contribution >= 0.6 is 11.3 Å². The Bertz CT molecular complexity index is 538. The van der Waals surface area contributed by atoms with Gasteiger partial charge in [-0.15, -0.1) is 11.3 Å². The number of nitrogens with zero attached hydrogens (tertiary/aromatic N) is 2. The van der Waals surface area contributed by atoms with E-state index < -0.39 is 0 Å². The van der Waals surface area contributed by atoms with Crippen molar-refractivity contribution in [1.29, 1.82) is 0 Å². The van der Waals surface area contributed by atoms with Crippen LogP contribution in [0, 0.1) is 0 Å². The van der Waals surface area contributed by atoms with Crippen LogP contribution in [0.3, 0.4) is 0 Å². The number of hydrogen-bond donors (Lipinski definition) is 1. The van der Waals surface area contributed by atoms with Gasteiger partial charge in [-0.1, -0.05) is 6.92 Å². The van der Waals surface area contributed by atoms with E-state index in [1.807, 2.05) is 17.5 Å². The van der Waals surface area contributed by atoms with Gasteiger partial charge in [0.05, 0.1) is 11.7 Å². The van der Waals surface area contributed by atoms with Crippen LogP contribution in [-0.2, 0) is 6.42 Å². The van der Waals surface area contributed by atoms with Gasteiger partial charge in [0.2, 0.25) is 0 Å². The third-order valence-electron chi connectivity index (χ3n) is 4.02. The molecular formula is C16H21N3S. The summed E-state index contributed by atoms with van der Waals surface area (Å²) < 4.78 is 0. The van der Waals surface area contributed by atoms with E-state index in [1.54, 1.807) is 17.3 Å². The first-order valence-corrected chi connectivity index (χ1v) is 8.33. The fourth-order valence-corrected chi connectivity index (χ4v) is 4.09. The van der Waals surface area contributed by atoms with Crippen LogP contribution in [0.4, 0.5) is 0 Å². The quantitative estimate of drug-likeness (QED) is 0.911. The van der Waals surface area contributed by atoms with Crippen molar-refractivity contribution in [2.45, 2.75) is 44.6 Å². The summed E-state index contributed by atoms with van der Waals surface area (Å²) in [7, 11) is 0. The van der Waals surface area contributed by atoms with Gasteiger partial charge in [0.25, 0.3) is 0 Å². The monoisotopic (exact) mass is 287 g/mol. The number of rotatable bonds is 5. The topological polar surface area (TPSA) is 37.8 Å². The molecule has 0 saturated carbocycles. The van der Waals surface area contributed by atoms with Crippen molar-refractivity contribution in [2.75, 3.05) is 6.54 Å². The highest BCUT2D eigenvalue weighted by Crippen LogP contribution is 2.41. The normalized spacial score (nSPS) is 19.6. The molecule has 0 radical (unpaired) electrons. The van der Waals surface area contributed by atoms with Crippen LogP contribution < -0.4 is 5.32 Å². The Morgan fingerprint density at radius 2 is 2.40 bits per heavy atom. The summed E-state index contributed by atoms with van der Waals surface area (Å²) >= 11 is 1.90. The fourth-order valence-electron chi connectivity index (χ4n) is 3.09. The number of aromatic nitrogens is 2. The molecule has 4 heteroatoms. The van der Waals surface area contributed by atoms with Gasteiger partial charge in [-0.2, -0.15) is 0 Å². The molecule has 2 heterocycles. The zero-order valence-corrected chi connectivity index (χ0v) is 12.7. The lowest BCUT2D eigenvalue weighted by atomic mass is 9.81. The Labute approximate surface area is 124 Å². The van der Waals surface area contributed by atoms with Gasteiger partial charge in [-0.3, -0.25) is 9.97 Å². The smallest absolute Gasteiger partial charge is 0.0762 e. The van der Waals surface area contributed by atoms with Crippen molar-refractivity contribution in [3.8, 4) is 0 Å². The van der Waals surface area contributed by atoms with Crippen LogP contribution in [-0.4, -0.2) is 16.5 Å². The average molecular weight is 287 g/mol. The summed E-state index contributed by atoms with van der Waals surface area (Å²) in [6, 6.07) is 2.60. The average Bonchev–Trinajstić information content (AvgIpc) is 2.98. The minimum absolute atomic E-state index is 0.289. The van der Waals surface area contributed by atoms with E-state index in [-0.39, 0.29) is 6.04 Å². The number of hydrogen-bond acceptors (Lipinski definition) is 4. The Kier molecular flexibility index (Phi) is 4.43. The maximum absolute atomic E-state index is 4.54. The molecule has 0 aromatic carbocycles. The lowest BCUT2D eigenvalue weighted by molar-refractivity contribution is 0.396. The molecule has 1 aliphatic rings. The molecule has 106 valence electrons. The molecule has 1 N–H and O–H groups in total. The second kappa shape index (κ2) is 6.46. The minimum atomic E-state index is 0.289. The van der Waals surface area contributed by atoms with E-state index in [1.165, 1.54) is 24.8 Å². The molecule has 0 fully saturated rings. The third-order valence-corrected chi connectivity index (χ3v) is 5.01. The highest BCUT2D eigenvalue weighted by molar-refractivity contribution is 7.10. The van der Waals surface area contributed by atoms with Crippen LogP contribution in [0.5, 0.6) is 0 Å². The van der Waals surface area contributed by atoms with Crippen LogP contribution in [0.15, 0.2) is 30.0 Å². The second-order valence-electron chi connectivity index (χ2n) is 5.36. The molecule has 0 spiro atoms. The number of thiophene rings is 1. The molecule has 2 atom stereocenters. The Hall–Kier alpha value is -1.26. The number of nitrogens with one attached hydrogen (secondary N) is 1. The third kappa shape index (κ3) is 2.76. The lowest BCUT2D eigenvalue weighted by Crippen LogP contribution is -2.30. The Morgan fingerprint density at radius 3 is 3.20 bits per heavy atom. The molecule has 2 aromatic rings. The molecular weight excluding hydrogens is 266 g/mol. The van der Waals surface area contributed by atoms with Gasteiger partial charge in [0, 0.05) is 29.4 Å². The van der Waals surface area contributed by atoms with E-state index in [4.69, 9.17) is 0 Å². The molecule has 1 aliphatic carbocycles. The van der Waals surface area contributed by atoms with Gasteiger partial charge in [-0.05, 0) is 49.2 Å². The van der Waals surface area contributed by atoms with Crippen molar-refractivity contribution < 1.29 is 0 Å². The van der Waals surface area contributed by atoms with Crippen molar-refractivity contribution in [1.82, 2.24) is 15.3 Å². The maximum atomic E-state index is 4.54. The number of fused-ring (bicyclic) bond motifs is 1. The predicted octanol–water partition coefficient (Wildman–Crippen LogP) is 3.70. The summed E-state index contributed by atoms with van der Waals surface area (Å²) in [5, 5.41) is 5.92. The predicted molar refractivity (Wildman–Crippen MR) is 83.1 cm³/mol. The van der Waals surface area contributed by atoms with Crippen LogP contribution in [0.1, 0.15) is 54.3 Å². The van der Waals surface area contributed by atoms with E-state index in [9.17, 15) is 0 Å². The van der Waals surface area contributed by atoms with E-state index in [0.717, 1.165) is 18.7 Å². The van der Waals surface area contributed by atoms with Gasteiger partial charge in [0.15, 0.2) is 0 Å². The summed E-state index contributed by atoms with van der Waals surface area (Å²) in [5.74, 6) is 0.535. The zero-order valence-electron chi connectivity index (χ0n) is 11.9. The molecule has 20 heavy (non-hydrogen) atoms. The molecule has 0 amide bonds. The first kappa shape index (κ1) is 13.7. The summed E-state index contributed by atoms with van der Waals surface area (Å²) in [4.78, 5) is 10.4. The summed E-state index contributed by atoms with van der Waals surface area (Å²) in [6.45, 7) is 3.23. The fraction of sp³-hybridized carbons (Fsp3) is 0.500. The van der Waals surface area contributed by atoms with Gasteiger partial charge in [0.1, 0.15) is 0 Å². The first-order valence-electron chi connectivity index (χ1n) is 7.45. The highest BCUT2D eigenvalue weighted by Gasteiger charge is 2.30. The van der Waals surface area contributed by atoms with E-state index in [0.29, 0.717) is 5.92 Å². The molecule has 3 nitrogen and oxygen atoms in total. The van der Waals surface area contributed by atoms with Crippen molar-refractivity contribution in [3.63, 3.8) is 0 Å². The summed E-state index contributed by atoms with van der Waals surface area (Å²) in [6.07, 6.45) is 10.4. The van der Waals surface area contributed by atoms with Crippen molar-refractivity contribution >= 4 is 11.3 Å². The van der Waals surface area contributed by atoms with Crippen LogP contribution in [0.25, 0.3) is 0 Å². The van der Waals surface area contributed by atoms with Gasteiger partial charge in [-0.25, -0.2) is 0 Å². The zero-order chi connectivity index (χ0) is 13.8. The number of aryl methyl sites for hydroxylation is 1. The molecule has 2 aromatic heterocycles. The van der Waals surface area contributed by atoms with Gasteiger partial charge < -0.3 is 5.32 Å². The second-order valence-corrected chi connectivity index (χ2v) is 6.36. The Morgan fingerprint density at radius 1 is 1.45 bits per heavy atom. The van der Waals surface area contributed by atoms with Crippen molar-refractivity contribution in [2.24, 2.45) is 0 Å². The SMILES string of the molecule is CCCNC(c1cnccn1)C1CCCc2sccc21. The molecule has 3 rings (SSSR count). The largest absolute Gasteiger partial charge is 0.308 e.